The number of nitrogens with one attached hydrogen (secondary N) is 1. The minimum Gasteiger partial charge on any atom is -0.300 e. The normalized spacial score (nSPS) is 30.0. The quantitative estimate of drug-likeness (QED) is 0.547. The lowest BCUT2D eigenvalue weighted by Crippen LogP contribution is -2.34. The summed E-state index contributed by atoms with van der Waals surface area (Å²) < 4.78 is 2.34. The Hall–Kier alpha value is 0.650. The fourth-order valence-electron chi connectivity index (χ4n) is 1.12. The zero-order valence-corrected chi connectivity index (χ0v) is 8.05. The maximum absolute atomic E-state index is 3.42. The van der Waals surface area contributed by atoms with Gasteiger partial charge in [-0.2, -0.15) is 0 Å². The van der Waals surface area contributed by atoms with E-state index < -0.39 is 0 Å². The van der Waals surface area contributed by atoms with Gasteiger partial charge in [0.1, 0.15) is 0 Å². The first-order valence-corrected chi connectivity index (χ1v) is 4.34. The summed E-state index contributed by atoms with van der Waals surface area (Å²) in [4.78, 5) is 0. The van der Waals surface area contributed by atoms with E-state index in [-0.39, 0.29) is 0 Å². The summed E-state index contributed by atoms with van der Waals surface area (Å²) in [5.41, 5.74) is 0. The second-order valence-electron chi connectivity index (χ2n) is 2.77. The van der Waals surface area contributed by atoms with E-state index >= 15 is 0 Å². The van der Waals surface area contributed by atoms with Crippen molar-refractivity contribution in [3.8, 4) is 0 Å². The van der Waals surface area contributed by atoms with Gasteiger partial charge in [0.2, 0.25) is 0 Å². The van der Waals surface area contributed by atoms with Gasteiger partial charge >= 0.3 is 0 Å². The molecule has 1 atom stereocenters. The first-order chi connectivity index (χ1) is 4.22. The van der Waals surface area contributed by atoms with Gasteiger partial charge in [0.05, 0.1) is 6.17 Å². The van der Waals surface area contributed by atoms with Gasteiger partial charge < -0.3 is 0 Å². The van der Waals surface area contributed by atoms with E-state index in [2.05, 4.69) is 45.1 Å². The molecule has 3 heteroatoms. The molecule has 1 rings (SSSR count). The summed E-state index contributed by atoms with van der Waals surface area (Å²) in [6.45, 7) is 6.82. The third kappa shape index (κ3) is 1.78. The molecule has 2 nitrogen and oxygen atoms in total. The average molecular weight is 240 g/mol. The molecule has 54 valence electrons. The van der Waals surface area contributed by atoms with E-state index in [9.17, 15) is 0 Å². The molecule has 1 fully saturated rings. The molecular weight excluding hydrogens is 227 g/mol. The Morgan fingerprint density at radius 3 is 2.56 bits per heavy atom. The van der Waals surface area contributed by atoms with E-state index in [1.54, 1.807) is 0 Å². The molecule has 0 aromatic carbocycles. The molecule has 1 aliphatic heterocycles. The molecule has 1 N–H and O–H groups in total. The molecule has 0 aliphatic carbocycles. The minimum atomic E-state index is 0.602. The Morgan fingerprint density at radius 1 is 1.67 bits per heavy atom. The third-order valence-electron chi connectivity index (χ3n) is 1.61. The number of rotatable bonds is 1. The summed E-state index contributed by atoms with van der Waals surface area (Å²) in [5.74, 6) is 0.726. The highest BCUT2D eigenvalue weighted by atomic mass is 127. The summed E-state index contributed by atoms with van der Waals surface area (Å²) in [6, 6.07) is 0. The van der Waals surface area contributed by atoms with Crippen LogP contribution in [0.3, 0.4) is 0 Å². The van der Waals surface area contributed by atoms with Crippen molar-refractivity contribution in [2.75, 3.05) is 13.1 Å². The van der Waals surface area contributed by atoms with Gasteiger partial charge in [0.15, 0.2) is 0 Å². The molecular formula is C6H13IN2. The van der Waals surface area contributed by atoms with Crippen molar-refractivity contribution in [3.05, 3.63) is 0 Å². The number of nitrogens with zero attached hydrogens (tertiary/aromatic N) is 1. The van der Waals surface area contributed by atoms with Crippen molar-refractivity contribution >= 4 is 22.9 Å². The highest BCUT2D eigenvalue weighted by molar-refractivity contribution is 14.1. The van der Waals surface area contributed by atoms with Gasteiger partial charge in [0, 0.05) is 36.0 Å². The van der Waals surface area contributed by atoms with E-state index in [0.29, 0.717) is 6.17 Å². The smallest absolute Gasteiger partial charge is 0.0712 e. The van der Waals surface area contributed by atoms with Gasteiger partial charge in [-0.05, 0) is 5.92 Å². The van der Waals surface area contributed by atoms with Gasteiger partial charge in [-0.1, -0.05) is 13.8 Å². The Morgan fingerprint density at radius 2 is 2.33 bits per heavy atom. The van der Waals surface area contributed by atoms with Crippen molar-refractivity contribution in [2.24, 2.45) is 5.92 Å². The fourth-order valence-corrected chi connectivity index (χ4v) is 2.20. The molecule has 0 aromatic rings. The first-order valence-electron chi connectivity index (χ1n) is 3.37. The number of hydrogen-bond acceptors (Lipinski definition) is 2. The topological polar surface area (TPSA) is 15.3 Å². The Kier molecular flexibility index (Phi) is 2.73. The van der Waals surface area contributed by atoms with Crippen molar-refractivity contribution in [3.63, 3.8) is 0 Å². The van der Waals surface area contributed by atoms with E-state index in [4.69, 9.17) is 0 Å². The molecule has 1 heterocycles. The van der Waals surface area contributed by atoms with Gasteiger partial charge in [-0.3, -0.25) is 5.32 Å². The maximum atomic E-state index is 3.42. The van der Waals surface area contributed by atoms with Crippen LogP contribution in [0.5, 0.6) is 0 Å². The Balaban J connectivity index is 2.40. The lowest BCUT2D eigenvalue weighted by molar-refractivity contribution is 0.337. The van der Waals surface area contributed by atoms with Crippen LogP contribution in [0.1, 0.15) is 13.8 Å². The predicted octanol–water partition coefficient (Wildman–Crippen LogP) is 1.22. The number of halogens is 1. The van der Waals surface area contributed by atoms with Crippen molar-refractivity contribution in [1.82, 2.24) is 8.43 Å². The van der Waals surface area contributed by atoms with Gasteiger partial charge in [-0.15, -0.1) is 0 Å². The molecule has 1 unspecified atom stereocenters. The van der Waals surface area contributed by atoms with Gasteiger partial charge in [0.25, 0.3) is 0 Å². The molecule has 0 amide bonds. The van der Waals surface area contributed by atoms with Crippen LogP contribution < -0.4 is 5.32 Å². The van der Waals surface area contributed by atoms with Crippen LogP contribution in [0.25, 0.3) is 0 Å². The number of hydrogen-bond donors (Lipinski definition) is 1. The van der Waals surface area contributed by atoms with Crippen LogP contribution in [-0.2, 0) is 0 Å². The molecule has 0 bridgehead atoms. The van der Waals surface area contributed by atoms with E-state index in [1.807, 2.05) is 0 Å². The zero-order chi connectivity index (χ0) is 6.85. The van der Waals surface area contributed by atoms with Crippen molar-refractivity contribution < 1.29 is 0 Å². The molecule has 0 aromatic heterocycles. The Bertz CT molecular complexity index is 95.1. The van der Waals surface area contributed by atoms with Crippen LogP contribution in [0.15, 0.2) is 0 Å². The van der Waals surface area contributed by atoms with Crippen LogP contribution in [0.2, 0.25) is 0 Å². The van der Waals surface area contributed by atoms with Crippen LogP contribution in [0, 0.1) is 5.92 Å². The van der Waals surface area contributed by atoms with Crippen LogP contribution in [0.4, 0.5) is 0 Å². The molecule has 9 heavy (non-hydrogen) atoms. The summed E-state index contributed by atoms with van der Waals surface area (Å²) in [6.07, 6.45) is 0.602. The largest absolute Gasteiger partial charge is 0.300 e. The average Bonchev–Trinajstić information content (AvgIpc) is 2.13. The third-order valence-corrected chi connectivity index (χ3v) is 2.69. The highest BCUT2D eigenvalue weighted by Gasteiger charge is 2.23. The van der Waals surface area contributed by atoms with E-state index in [0.717, 1.165) is 12.5 Å². The van der Waals surface area contributed by atoms with E-state index in [1.165, 1.54) is 6.54 Å². The van der Waals surface area contributed by atoms with Crippen molar-refractivity contribution in [2.45, 2.75) is 20.0 Å². The van der Waals surface area contributed by atoms with Crippen molar-refractivity contribution in [1.29, 1.82) is 0 Å². The highest BCUT2D eigenvalue weighted by Crippen LogP contribution is 2.15. The summed E-state index contributed by atoms with van der Waals surface area (Å²) in [7, 11) is 0. The van der Waals surface area contributed by atoms with Gasteiger partial charge in [-0.25, -0.2) is 3.11 Å². The second-order valence-corrected chi connectivity index (χ2v) is 4.01. The molecule has 0 saturated carbocycles. The Labute approximate surface area is 70.5 Å². The predicted molar refractivity (Wildman–Crippen MR) is 47.4 cm³/mol. The fraction of sp³-hybridized carbons (Fsp3) is 1.00. The minimum absolute atomic E-state index is 0.602. The second kappa shape index (κ2) is 3.16. The summed E-state index contributed by atoms with van der Waals surface area (Å²) >= 11 is 2.38. The molecule has 0 spiro atoms. The standard InChI is InChI=1S/C6H13IN2/c1-5(2)6-8-3-4-9(6)7/h5-6,8H,3-4H2,1-2H3. The first kappa shape index (κ1) is 7.75. The monoisotopic (exact) mass is 240 g/mol. The zero-order valence-electron chi connectivity index (χ0n) is 5.89. The van der Waals surface area contributed by atoms with Crippen LogP contribution >= 0.6 is 22.9 Å². The lowest BCUT2D eigenvalue weighted by atomic mass is 10.2. The molecule has 1 saturated heterocycles. The van der Waals surface area contributed by atoms with Crippen LogP contribution in [-0.4, -0.2) is 22.4 Å². The SMILES string of the molecule is CC(C)C1NCCN1I. The maximum Gasteiger partial charge on any atom is 0.0712 e. The molecule has 0 radical (unpaired) electrons. The summed E-state index contributed by atoms with van der Waals surface area (Å²) in [5, 5.41) is 3.42. The molecule has 1 aliphatic rings. The lowest BCUT2D eigenvalue weighted by Gasteiger charge is -2.20.